The lowest BCUT2D eigenvalue weighted by Gasteiger charge is -2.39. The van der Waals surface area contributed by atoms with Crippen molar-refractivity contribution in [3.63, 3.8) is 0 Å². The van der Waals surface area contributed by atoms with Crippen molar-refractivity contribution < 1.29 is 29.0 Å². The van der Waals surface area contributed by atoms with E-state index >= 15 is 0 Å². The van der Waals surface area contributed by atoms with E-state index < -0.39 is 25.6 Å². The summed E-state index contributed by atoms with van der Waals surface area (Å²) in [6.07, 6.45) is 2.31. The molecule has 4 N–H and O–H groups in total. The number of aromatic hydroxyl groups is 1. The molecule has 0 saturated carbocycles. The van der Waals surface area contributed by atoms with Gasteiger partial charge in [0, 0.05) is 29.8 Å². The molecule has 1 aliphatic carbocycles. The lowest BCUT2D eigenvalue weighted by Crippen LogP contribution is -2.51. The van der Waals surface area contributed by atoms with E-state index in [0.717, 1.165) is 22.1 Å². The highest BCUT2D eigenvalue weighted by molar-refractivity contribution is 6.89. The Hall–Kier alpha value is -3.37. The second-order valence-corrected chi connectivity index (χ2v) is 15.7. The van der Waals surface area contributed by atoms with Crippen LogP contribution in [0.4, 0.5) is 0 Å². The Morgan fingerprint density at radius 3 is 2.72 bits per heavy atom. The number of nitrogens with two attached hydrogens (primary N) is 1. The van der Waals surface area contributed by atoms with E-state index in [0.29, 0.717) is 29.1 Å². The molecule has 10 heteroatoms. The van der Waals surface area contributed by atoms with Gasteiger partial charge in [-0.25, -0.2) is 4.79 Å². The fraction of sp³-hybridized carbons (Fsp3) is 0.423. The highest BCUT2D eigenvalue weighted by atomic mass is 28.3. The molecular formula is C26H31N3O6Si. The zero-order valence-corrected chi connectivity index (χ0v) is 22.0. The van der Waals surface area contributed by atoms with Crippen molar-refractivity contribution in [2.24, 2.45) is 5.73 Å². The van der Waals surface area contributed by atoms with Gasteiger partial charge in [-0.05, 0) is 35.8 Å². The Kier molecular flexibility index (Phi) is 5.64. The lowest BCUT2D eigenvalue weighted by atomic mass is 9.78. The summed E-state index contributed by atoms with van der Waals surface area (Å²) in [5.74, 6) is -0.543. The van der Waals surface area contributed by atoms with Crippen molar-refractivity contribution in [3.8, 4) is 5.75 Å². The summed E-state index contributed by atoms with van der Waals surface area (Å²) in [4.78, 5) is 41.2. The van der Waals surface area contributed by atoms with Gasteiger partial charge in [-0.2, -0.15) is 0 Å². The average Bonchev–Trinajstić information content (AvgIpc) is 3.16. The maximum absolute atomic E-state index is 13.9. The molecule has 9 nitrogen and oxygen atoms in total. The Morgan fingerprint density at radius 2 is 2.06 bits per heavy atom. The molecular weight excluding hydrogens is 478 g/mol. The first-order chi connectivity index (χ1) is 17.0. The van der Waals surface area contributed by atoms with Crippen LogP contribution in [0.3, 0.4) is 0 Å². The molecule has 0 spiro atoms. The van der Waals surface area contributed by atoms with Crippen LogP contribution in [-0.4, -0.2) is 54.6 Å². The van der Waals surface area contributed by atoms with Crippen LogP contribution in [0.25, 0.3) is 6.08 Å². The molecule has 3 aliphatic heterocycles. The Bertz CT molecular complexity index is 1310. The number of cyclic esters (lactones) is 1. The number of rotatable bonds is 5. The van der Waals surface area contributed by atoms with Gasteiger partial charge in [-0.3, -0.25) is 9.59 Å². The van der Waals surface area contributed by atoms with E-state index in [4.69, 9.17) is 15.2 Å². The molecule has 0 bridgehead atoms. The third kappa shape index (κ3) is 3.58. The minimum atomic E-state index is -1.79. The third-order valence-corrected chi connectivity index (χ3v) is 9.38. The molecule has 4 aliphatic rings. The Morgan fingerprint density at radius 1 is 1.31 bits per heavy atom. The highest BCUT2D eigenvalue weighted by Gasteiger charge is 2.54. The number of esters is 2. The summed E-state index contributed by atoms with van der Waals surface area (Å²) in [5, 5.41) is 14.9. The van der Waals surface area contributed by atoms with Crippen LogP contribution in [0.1, 0.15) is 37.3 Å². The van der Waals surface area contributed by atoms with Crippen molar-refractivity contribution in [1.82, 2.24) is 10.2 Å². The molecule has 1 atom stereocenters. The van der Waals surface area contributed by atoms with Gasteiger partial charge >= 0.3 is 11.9 Å². The normalized spacial score (nSPS) is 22.8. The van der Waals surface area contributed by atoms with Crippen LogP contribution in [-0.2, 0) is 30.4 Å². The molecule has 1 aromatic carbocycles. The number of ether oxygens (including phenoxy) is 2. The van der Waals surface area contributed by atoms with Crippen LogP contribution < -0.4 is 16.2 Å². The van der Waals surface area contributed by atoms with Gasteiger partial charge in [0.1, 0.15) is 23.9 Å². The van der Waals surface area contributed by atoms with Gasteiger partial charge in [-0.15, -0.1) is 0 Å². The molecule has 1 aromatic rings. The molecule has 36 heavy (non-hydrogen) atoms. The number of benzene rings is 1. The molecule has 3 heterocycles. The van der Waals surface area contributed by atoms with Crippen molar-refractivity contribution in [1.29, 1.82) is 0 Å². The van der Waals surface area contributed by atoms with E-state index in [1.165, 1.54) is 0 Å². The summed E-state index contributed by atoms with van der Waals surface area (Å²) < 4.78 is 11.1. The van der Waals surface area contributed by atoms with Gasteiger partial charge in [0.2, 0.25) is 11.4 Å². The van der Waals surface area contributed by atoms with E-state index in [2.05, 4.69) is 25.0 Å². The molecule has 190 valence electrons. The number of carbonyl (C=O) groups excluding carboxylic acids is 3. The lowest BCUT2D eigenvalue weighted by molar-refractivity contribution is -0.180. The van der Waals surface area contributed by atoms with E-state index in [-0.39, 0.29) is 43.9 Å². The summed E-state index contributed by atoms with van der Waals surface area (Å²) >= 11 is 0. The topological polar surface area (TPSA) is 131 Å². The maximum atomic E-state index is 13.9. The molecule has 1 unspecified atom stereocenters. The highest BCUT2D eigenvalue weighted by Crippen LogP contribution is 2.46. The summed E-state index contributed by atoms with van der Waals surface area (Å²) in [6.45, 7) is 8.84. The standard InChI is InChI=1S/C26H31N3O6Si/c1-5-26(35-22(31)6-7-27)18-11-19-23(24(32)17(18)13-34-25(26)33)29-12-16-14(9-21(29)28-19)8-15(30)10-20(16)36(2,3)4/h8-10,28,30H,5-7,11-13,27H2,1-4H3. The molecule has 0 fully saturated rings. The van der Waals surface area contributed by atoms with Crippen LogP contribution >= 0.6 is 0 Å². The molecule has 0 saturated heterocycles. The van der Waals surface area contributed by atoms with E-state index in [1.54, 1.807) is 13.0 Å². The van der Waals surface area contributed by atoms with Gasteiger partial charge < -0.3 is 30.5 Å². The maximum Gasteiger partial charge on any atom is 0.355 e. The summed E-state index contributed by atoms with van der Waals surface area (Å²) in [6, 6.07) is 3.59. The predicted octanol–water partition coefficient (Wildman–Crippen LogP) is 1.73. The zero-order chi connectivity index (χ0) is 26.0. The second kappa shape index (κ2) is 8.34. The largest absolute Gasteiger partial charge is 0.508 e. The third-order valence-electron chi connectivity index (χ3n) is 7.32. The van der Waals surface area contributed by atoms with Crippen LogP contribution in [0.5, 0.6) is 5.75 Å². The van der Waals surface area contributed by atoms with Crippen molar-refractivity contribution in [2.45, 2.75) is 58.0 Å². The number of hydrogen-bond acceptors (Lipinski definition) is 9. The predicted molar refractivity (Wildman–Crippen MR) is 135 cm³/mol. The number of ketones is 1. The van der Waals surface area contributed by atoms with Gasteiger partial charge in [0.25, 0.3) is 0 Å². The second-order valence-electron chi connectivity index (χ2n) is 10.6. The number of phenolic OH excluding ortho intramolecular Hbond substituents is 1. The van der Waals surface area contributed by atoms with Crippen molar-refractivity contribution >= 4 is 37.1 Å². The quantitative estimate of drug-likeness (QED) is 0.401. The monoisotopic (exact) mass is 509 g/mol. The van der Waals surface area contributed by atoms with Crippen molar-refractivity contribution in [2.75, 3.05) is 13.2 Å². The average molecular weight is 510 g/mol. The Labute approximate surface area is 210 Å². The first kappa shape index (κ1) is 24.3. The smallest absolute Gasteiger partial charge is 0.355 e. The number of allylic oxidation sites excluding steroid dienone is 2. The summed E-state index contributed by atoms with van der Waals surface area (Å²) in [7, 11) is -1.79. The van der Waals surface area contributed by atoms with Gasteiger partial charge in [-0.1, -0.05) is 31.8 Å². The molecule has 5 rings (SSSR count). The fourth-order valence-corrected chi connectivity index (χ4v) is 7.27. The Balaban J connectivity index is 1.55. The SMILES string of the molecule is CCC1(OC(=O)CCN)C(=O)OCC2=C1CC1=C(C2=O)N2Cc3c(cc(O)cc3[Si](C)(C)C)C=C2N1. The fourth-order valence-electron chi connectivity index (χ4n) is 5.57. The van der Waals surface area contributed by atoms with Gasteiger partial charge in [0.15, 0.2) is 0 Å². The number of nitrogens with one attached hydrogen (secondary N) is 1. The molecule has 0 aromatic heterocycles. The minimum absolute atomic E-state index is 0.0387. The minimum Gasteiger partial charge on any atom is -0.508 e. The van der Waals surface area contributed by atoms with Gasteiger partial charge in [0.05, 0.1) is 21.0 Å². The van der Waals surface area contributed by atoms with Crippen LogP contribution in [0, 0.1) is 0 Å². The van der Waals surface area contributed by atoms with E-state index in [9.17, 15) is 19.5 Å². The number of Topliss-reactive ketones (excluding diaryl/α,β-unsaturated/α-hetero) is 1. The number of carbonyl (C=O) groups is 3. The number of hydrogen-bond donors (Lipinski definition) is 3. The number of nitrogens with zero attached hydrogens (tertiary/aromatic N) is 1. The van der Waals surface area contributed by atoms with E-state index in [1.807, 2.05) is 17.0 Å². The summed E-state index contributed by atoms with van der Waals surface area (Å²) in [5.41, 5.74) is 7.91. The first-order valence-corrected chi connectivity index (χ1v) is 15.7. The van der Waals surface area contributed by atoms with Crippen LogP contribution in [0.15, 0.2) is 40.5 Å². The number of fused-ring (bicyclic) bond motifs is 3. The first-order valence-electron chi connectivity index (χ1n) is 12.2. The number of phenols is 1. The zero-order valence-electron chi connectivity index (χ0n) is 21.0. The molecule has 0 radical (unpaired) electrons. The molecule has 0 amide bonds. The van der Waals surface area contributed by atoms with Crippen LogP contribution in [0.2, 0.25) is 19.6 Å². The van der Waals surface area contributed by atoms with Crippen molar-refractivity contribution in [3.05, 3.63) is 51.6 Å².